The van der Waals surface area contributed by atoms with Crippen molar-refractivity contribution in [3.63, 3.8) is 0 Å². The van der Waals surface area contributed by atoms with Gasteiger partial charge < -0.3 is 15.5 Å². The Bertz CT molecular complexity index is 559. The molecule has 1 aliphatic rings. The lowest BCUT2D eigenvalue weighted by molar-refractivity contribution is -0.135. The predicted molar refractivity (Wildman–Crippen MR) is 111 cm³/mol. The summed E-state index contributed by atoms with van der Waals surface area (Å²) in [6, 6.07) is 9.22. The molecule has 7 heteroatoms. The lowest BCUT2D eigenvalue weighted by Crippen LogP contribution is -2.48. The Balaban J connectivity index is 0.00000338. The Morgan fingerprint density at radius 1 is 1.31 bits per heavy atom. The molecule has 1 aliphatic heterocycles. The van der Waals surface area contributed by atoms with Crippen LogP contribution in [0.1, 0.15) is 18.4 Å². The first-order valence-electron chi connectivity index (χ1n) is 8.89. The van der Waals surface area contributed by atoms with Crippen molar-refractivity contribution in [1.82, 2.24) is 15.5 Å². The molecule has 1 heterocycles. The van der Waals surface area contributed by atoms with E-state index in [0.717, 1.165) is 37.4 Å². The standard InChI is InChI=1S/C19H29N3O2S.ClH/c1-20-13-16-8-10-22(14-16)19(24)17(9-11-25-2)21-18(23)12-15-6-4-3-5-7-15;/h3-7,16-17,20H,8-14H2,1-2H3,(H,21,23);1H. The van der Waals surface area contributed by atoms with E-state index >= 15 is 0 Å². The van der Waals surface area contributed by atoms with Crippen LogP contribution in [-0.4, -0.2) is 61.4 Å². The number of thioether (sulfide) groups is 1. The number of rotatable bonds is 9. The molecule has 2 unspecified atom stereocenters. The molecule has 0 aliphatic carbocycles. The zero-order valence-electron chi connectivity index (χ0n) is 15.6. The van der Waals surface area contributed by atoms with Gasteiger partial charge in [0.2, 0.25) is 11.8 Å². The molecule has 2 atom stereocenters. The predicted octanol–water partition coefficient (Wildman–Crippen LogP) is 1.96. The fourth-order valence-electron chi connectivity index (χ4n) is 3.23. The van der Waals surface area contributed by atoms with Gasteiger partial charge in [0.25, 0.3) is 0 Å². The third-order valence-corrected chi connectivity index (χ3v) is 5.19. The van der Waals surface area contributed by atoms with Crippen LogP contribution in [0.2, 0.25) is 0 Å². The van der Waals surface area contributed by atoms with Gasteiger partial charge in [0.15, 0.2) is 0 Å². The summed E-state index contributed by atoms with van der Waals surface area (Å²) < 4.78 is 0. The number of nitrogens with one attached hydrogen (secondary N) is 2. The smallest absolute Gasteiger partial charge is 0.245 e. The summed E-state index contributed by atoms with van der Waals surface area (Å²) in [4.78, 5) is 27.2. The first kappa shape index (κ1) is 22.8. The minimum Gasteiger partial charge on any atom is -0.344 e. The molecule has 1 aromatic carbocycles. The maximum Gasteiger partial charge on any atom is 0.245 e. The first-order chi connectivity index (χ1) is 12.1. The molecule has 0 spiro atoms. The van der Waals surface area contributed by atoms with Crippen molar-refractivity contribution < 1.29 is 9.59 Å². The maximum absolute atomic E-state index is 12.9. The lowest BCUT2D eigenvalue weighted by Gasteiger charge is -2.24. The average molecular weight is 400 g/mol. The number of hydrogen-bond acceptors (Lipinski definition) is 4. The van der Waals surface area contributed by atoms with E-state index in [-0.39, 0.29) is 24.2 Å². The van der Waals surface area contributed by atoms with Crippen LogP contribution >= 0.6 is 24.2 Å². The van der Waals surface area contributed by atoms with Crippen LogP contribution in [0.4, 0.5) is 0 Å². The molecule has 1 saturated heterocycles. The fourth-order valence-corrected chi connectivity index (χ4v) is 3.70. The summed E-state index contributed by atoms with van der Waals surface area (Å²) in [5, 5.41) is 6.15. The van der Waals surface area contributed by atoms with Gasteiger partial charge in [-0.3, -0.25) is 9.59 Å². The largest absolute Gasteiger partial charge is 0.344 e. The summed E-state index contributed by atoms with van der Waals surface area (Å²) in [5.41, 5.74) is 0.964. The van der Waals surface area contributed by atoms with Crippen LogP contribution in [-0.2, 0) is 16.0 Å². The number of amides is 2. The monoisotopic (exact) mass is 399 g/mol. The van der Waals surface area contributed by atoms with Crippen LogP contribution in [0.3, 0.4) is 0 Å². The second kappa shape index (κ2) is 12.2. The molecular weight excluding hydrogens is 370 g/mol. The topological polar surface area (TPSA) is 61.4 Å². The van der Waals surface area contributed by atoms with Crippen molar-refractivity contribution in [2.45, 2.75) is 25.3 Å². The van der Waals surface area contributed by atoms with Crippen molar-refractivity contribution in [2.24, 2.45) is 5.92 Å². The minimum atomic E-state index is -0.419. The van der Waals surface area contributed by atoms with E-state index in [1.54, 1.807) is 11.8 Å². The number of likely N-dealkylation sites (tertiary alicyclic amines) is 1. The van der Waals surface area contributed by atoms with Crippen molar-refractivity contribution in [2.75, 3.05) is 38.7 Å². The van der Waals surface area contributed by atoms with E-state index in [4.69, 9.17) is 0 Å². The molecule has 2 amide bonds. The number of carbonyl (C=O) groups excluding carboxylic acids is 2. The van der Waals surface area contributed by atoms with Gasteiger partial charge in [-0.05, 0) is 49.9 Å². The fraction of sp³-hybridized carbons (Fsp3) is 0.579. The maximum atomic E-state index is 12.9. The van der Waals surface area contributed by atoms with E-state index in [1.807, 2.05) is 48.5 Å². The molecule has 0 saturated carbocycles. The van der Waals surface area contributed by atoms with Crippen molar-refractivity contribution in [3.05, 3.63) is 35.9 Å². The third kappa shape index (κ3) is 7.17. The molecule has 1 fully saturated rings. The van der Waals surface area contributed by atoms with Crippen LogP contribution in [0.25, 0.3) is 0 Å². The Morgan fingerprint density at radius 3 is 2.69 bits per heavy atom. The van der Waals surface area contributed by atoms with Gasteiger partial charge in [0, 0.05) is 13.1 Å². The Kier molecular flexibility index (Phi) is 10.7. The zero-order chi connectivity index (χ0) is 18.1. The second-order valence-corrected chi connectivity index (χ2v) is 7.55. The minimum absolute atomic E-state index is 0. The van der Waals surface area contributed by atoms with Gasteiger partial charge in [-0.1, -0.05) is 30.3 Å². The highest BCUT2D eigenvalue weighted by atomic mass is 35.5. The van der Waals surface area contributed by atoms with Gasteiger partial charge in [-0.25, -0.2) is 0 Å². The number of carbonyl (C=O) groups is 2. The van der Waals surface area contributed by atoms with E-state index in [1.165, 1.54) is 0 Å². The highest BCUT2D eigenvalue weighted by molar-refractivity contribution is 7.98. The molecule has 2 N–H and O–H groups in total. The molecule has 0 aromatic heterocycles. The SMILES string of the molecule is CNCC1CCN(C(=O)C(CCSC)NC(=O)Cc2ccccc2)C1.Cl. The Hall–Kier alpha value is -1.24. The highest BCUT2D eigenvalue weighted by Crippen LogP contribution is 2.17. The molecular formula is C19H30ClN3O2S. The first-order valence-corrected chi connectivity index (χ1v) is 10.3. The molecule has 0 radical (unpaired) electrons. The summed E-state index contributed by atoms with van der Waals surface area (Å²) in [6.07, 6.45) is 4.03. The molecule has 0 bridgehead atoms. The summed E-state index contributed by atoms with van der Waals surface area (Å²) >= 11 is 1.70. The third-order valence-electron chi connectivity index (χ3n) is 4.54. The number of nitrogens with zero attached hydrogens (tertiary/aromatic N) is 1. The normalized spacial score (nSPS) is 17.5. The van der Waals surface area contributed by atoms with Crippen molar-refractivity contribution >= 4 is 36.0 Å². The molecule has 26 heavy (non-hydrogen) atoms. The van der Waals surface area contributed by atoms with Gasteiger partial charge >= 0.3 is 0 Å². The van der Waals surface area contributed by atoms with Crippen LogP contribution < -0.4 is 10.6 Å². The van der Waals surface area contributed by atoms with Gasteiger partial charge in [-0.2, -0.15) is 11.8 Å². The van der Waals surface area contributed by atoms with Crippen LogP contribution in [0, 0.1) is 5.92 Å². The molecule has 146 valence electrons. The summed E-state index contributed by atoms with van der Waals surface area (Å²) in [5.74, 6) is 1.34. The highest BCUT2D eigenvalue weighted by Gasteiger charge is 2.31. The van der Waals surface area contributed by atoms with E-state index in [2.05, 4.69) is 10.6 Å². The second-order valence-electron chi connectivity index (χ2n) is 6.56. The number of benzene rings is 1. The number of halogens is 1. The summed E-state index contributed by atoms with van der Waals surface area (Å²) in [7, 11) is 1.94. The van der Waals surface area contributed by atoms with E-state index < -0.39 is 6.04 Å². The summed E-state index contributed by atoms with van der Waals surface area (Å²) in [6.45, 7) is 2.50. The lowest BCUT2D eigenvalue weighted by atomic mass is 10.1. The van der Waals surface area contributed by atoms with E-state index in [9.17, 15) is 9.59 Å². The zero-order valence-corrected chi connectivity index (χ0v) is 17.2. The Morgan fingerprint density at radius 2 is 2.04 bits per heavy atom. The average Bonchev–Trinajstić information content (AvgIpc) is 3.08. The van der Waals surface area contributed by atoms with Crippen LogP contribution in [0.5, 0.6) is 0 Å². The molecule has 1 aromatic rings. The number of hydrogen-bond donors (Lipinski definition) is 2. The molecule has 2 rings (SSSR count). The van der Waals surface area contributed by atoms with Crippen LogP contribution in [0.15, 0.2) is 30.3 Å². The van der Waals surface area contributed by atoms with Gasteiger partial charge in [0.1, 0.15) is 6.04 Å². The quantitative estimate of drug-likeness (QED) is 0.666. The van der Waals surface area contributed by atoms with Gasteiger partial charge in [0.05, 0.1) is 6.42 Å². The van der Waals surface area contributed by atoms with Gasteiger partial charge in [-0.15, -0.1) is 12.4 Å². The molecule has 5 nitrogen and oxygen atoms in total. The Labute approximate surface area is 167 Å². The van der Waals surface area contributed by atoms with Crippen molar-refractivity contribution in [3.8, 4) is 0 Å². The van der Waals surface area contributed by atoms with E-state index in [0.29, 0.717) is 18.8 Å². The van der Waals surface area contributed by atoms with Crippen molar-refractivity contribution in [1.29, 1.82) is 0 Å².